The van der Waals surface area contributed by atoms with Gasteiger partial charge in [-0.15, -0.1) is 22.7 Å². The number of aliphatic imine (C=N–C) groups is 1. The predicted molar refractivity (Wildman–Crippen MR) is 124 cm³/mol. The summed E-state index contributed by atoms with van der Waals surface area (Å²) in [7, 11) is 0. The zero-order valence-corrected chi connectivity index (χ0v) is 17.7. The molecule has 0 spiro atoms. The first kappa shape index (κ1) is 17.0. The largest absolute Gasteiger partial charge is 0.250 e. The van der Waals surface area contributed by atoms with Crippen molar-refractivity contribution in [3.63, 3.8) is 0 Å². The van der Waals surface area contributed by atoms with Crippen LogP contribution in [-0.4, -0.2) is 15.7 Å². The average molecular weight is 412 g/mol. The molecule has 5 heteroatoms. The molecule has 0 bridgehead atoms. The van der Waals surface area contributed by atoms with Crippen molar-refractivity contribution in [2.24, 2.45) is 4.99 Å². The van der Waals surface area contributed by atoms with Gasteiger partial charge in [-0.2, -0.15) is 0 Å². The third-order valence-corrected chi connectivity index (χ3v) is 7.43. The molecule has 2 aromatic heterocycles. The van der Waals surface area contributed by atoms with E-state index in [0.717, 1.165) is 38.9 Å². The monoisotopic (exact) mass is 411 g/mol. The number of rotatable bonds is 2. The molecule has 0 radical (unpaired) electrons. The minimum atomic E-state index is 0.862. The third-order valence-electron chi connectivity index (χ3n) is 5.29. The first-order valence-corrected chi connectivity index (χ1v) is 11.2. The number of aromatic nitrogens is 2. The van der Waals surface area contributed by atoms with Crippen molar-refractivity contribution in [1.82, 2.24) is 9.97 Å². The molecule has 3 heterocycles. The van der Waals surface area contributed by atoms with Gasteiger partial charge in [-0.3, -0.25) is 0 Å². The van der Waals surface area contributed by atoms with Crippen LogP contribution in [0.15, 0.2) is 59.6 Å². The summed E-state index contributed by atoms with van der Waals surface area (Å²) in [6, 6.07) is 19.4. The van der Waals surface area contributed by atoms with E-state index in [9.17, 15) is 0 Å². The van der Waals surface area contributed by atoms with Crippen LogP contribution in [0.3, 0.4) is 0 Å². The molecular weight excluding hydrogens is 394 g/mol. The van der Waals surface area contributed by atoms with Crippen LogP contribution >= 0.6 is 22.7 Å². The summed E-state index contributed by atoms with van der Waals surface area (Å²) < 4.78 is 2.40. The highest BCUT2D eigenvalue weighted by molar-refractivity contribution is 7.23. The molecule has 1 aliphatic heterocycles. The summed E-state index contributed by atoms with van der Waals surface area (Å²) in [5.74, 6) is 0. The average Bonchev–Trinajstić information content (AvgIpc) is 3.41. The molecule has 0 N–H and O–H groups in total. The van der Waals surface area contributed by atoms with Gasteiger partial charge in [0, 0.05) is 12.0 Å². The van der Waals surface area contributed by atoms with E-state index in [1.807, 2.05) is 0 Å². The van der Waals surface area contributed by atoms with Gasteiger partial charge in [-0.1, -0.05) is 47.5 Å². The second-order valence-electron chi connectivity index (χ2n) is 7.56. The normalized spacial score (nSPS) is 13.2. The Morgan fingerprint density at radius 3 is 2.21 bits per heavy atom. The Morgan fingerprint density at radius 1 is 0.724 bits per heavy atom. The number of aryl methyl sites for hydroxylation is 2. The lowest BCUT2D eigenvalue weighted by molar-refractivity contribution is 1.33. The van der Waals surface area contributed by atoms with Crippen LogP contribution < -0.4 is 0 Å². The van der Waals surface area contributed by atoms with E-state index in [1.165, 1.54) is 31.7 Å². The summed E-state index contributed by atoms with van der Waals surface area (Å²) in [4.78, 5) is 14.6. The van der Waals surface area contributed by atoms with Gasteiger partial charge < -0.3 is 0 Å². The fourth-order valence-electron chi connectivity index (χ4n) is 3.75. The van der Waals surface area contributed by atoms with E-state index in [4.69, 9.17) is 15.0 Å². The number of hydrogen-bond donors (Lipinski definition) is 0. The fraction of sp³-hybridized carbons (Fsp3) is 0.125. The summed E-state index contributed by atoms with van der Waals surface area (Å²) in [6.45, 7) is 4.23. The molecule has 3 aromatic carbocycles. The number of benzene rings is 3. The SMILES string of the molecule is Cc1ccc(-c2nc3cc4nc(C5=Nc6ccc(C)cc6C5)sc4cc3s2)cc1. The van der Waals surface area contributed by atoms with Gasteiger partial charge >= 0.3 is 0 Å². The Hall–Kier alpha value is -2.89. The maximum Gasteiger partial charge on any atom is 0.139 e. The highest BCUT2D eigenvalue weighted by Gasteiger charge is 2.20. The smallest absolute Gasteiger partial charge is 0.139 e. The van der Waals surface area contributed by atoms with Crippen LogP contribution in [0, 0.1) is 13.8 Å². The lowest BCUT2D eigenvalue weighted by atomic mass is 10.1. The lowest BCUT2D eigenvalue weighted by Gasteiger charge is -1.97. The maximum atomic E-state index is 4.90. The highest BCUT2D eigenvalue weighted by atomic mass is 32.1. The van der Waals surface area contributed by atoms with E-state index in [-0.39, 0.29) is 0 Å². The van der Waals surface area contributed by atoms with Crippen LogP contribution in [0.25, 0.3) is 31.0 Å². The molecule has 3 nitrogen and oxygen atoms in total. The molecular formula is C24H17N3S2. The minimum Gasteiger partial charge on any atom is -0.250 e. The molecule has 0 saturated heterocycles. The summed E-state index contributed by atoms with van der Waals surface area (Å²) in [6.07, 6.45) is 0.862. The van der Waals surface area contributed by atoms with Gasteiger partial charge in [0.2, 0.25) is 0 Å². The molecule has 5 aromatic rings. The second kappa shape index (κ2) is 6.31. The molecule has 0 fully saturated rings. The predicted octanol–water partition coefficient (Wildman–Crippen LogP) is 6.87. The van der Waals surface area contributed by atoms with Gasteiger partial charge in [-0.05, 0) is 37.6 Å². The molecule has 29 heavy (non-hydrogen) atoms. The fourth-order valence-corrected chi connectivity index (χ4v) is 5.79. The molecule has 6 rings (SSSR count). The van der Waals surface area contributed by atoms with E-state index in [0.29, 0.717) is 0 Å². The molecule has 0 unspecified atom stereocenters. The zero-order valence-electron chi connectivity index (χ0n) is 16.1. The Balaban J connectivity index is 1.39. The van der Waals surface area contributed by atoms with Gasteiger partial charge in [0.1, 0.15) is 10.0 Å². The van der Waals surface area contributed by atoms with Crippen molar-refractivity contribution >= 4 is 54.5 Å². The second-order valence-corrected chi connectivity index (χ2v) is 9.62. The molecule has 0 amide bonds. The van der Waals surface area contributed by atoms with Crippen molar-refractivity contribution in [2.45, 2.75) is 20.3 Å². The van der Waals surface area contributed by atoms with E-state index in [2.05, 4.69) is 68.4 Å². The molecule has 1 aliphatic rings. The molecule has 0 aliphatic carbocycles. The Labute approximate surface area is 176 Å². The summed E-state index contributed by atoms with van der Waals surface area (Å²) in [5, 5.41) is 2.08. The number of hydrogen-bond acceptors (Lipinski definition) is 5. The molecule has 0 atom stereocenters. The highest BCUT2D eigenvalue weighted by Crippen LogP contribution is 2.36. The Morgan fingerprint density at radius 2 is 1.41 bits per heavy atom. The first-order chi connectivity index (χ1) is 14.1. The number of nitrogens with zero attached hydrogens (tertiary/aromatic N) is 3. The van der Waals surface area contributed by atoms with Crippen LogP contribution in [0.5, 0.6) is 0 Å². The summed E-state index contributed by atoms with van der Waals surface area (Å²) >= 11 is 3.47. The topological polar surface area (TPSA) is 38.1 Å². The maximum absolute atomic E-state index is 4.90. The standard InChI is InChI=1S/C24H17N3S2/c1-13-3-6-15(7-4-13)23-26-18-11-19-22(12-21(18)28-23)29-24(27-19)20-10-16-9-14(2)5-8-17(16)25-20/h3-9,11-12H,10H2,1-2H3. The van der Waals surface area contributed by atoms with Crippen LogP contribution in [0.4, 0.5) is 5.69 Å². The van der Waals surface area contributed by atoms with Gasteiger partial charge in [0.15, 0.2) is 0 Å². The minimum absolute atomic E-state index is 0.862. The Bertz CT molecular complexity index is 1390. The van der Waals surface area contributed by atoms with Crippen molar-refractivity contribution in [3.05, 3.63) is 76.3 Å². The quantitative estimate of drug-likeness (QED) is 0.318. The number of thiazole rings is 2. The third kappa shape index (κ3) is 2.89. The van der Waals surface area contributed by atoms with E-state index in [1.54, 1.807) is 22.7 Å². The zero-order chi connectivity index (χ0) is 19.5. The number of fused-ring (bicyclic) bond motifs is 3. The van der Waals surface area contributed by atoms with E-state index >= 15 is 0 Å². The van der Waals surface area contributed by atoms with Crippen molar-refractivity contribution in [2.75, 3.05) is 0 Å². The van der Waals surface area contributed by atoms with Crippen molar-refractivity contribution in [1.29, 1.82) is 0 Å². The molecule has 0 saturated carbocycles. The van der Waals surface area contributed by atoms with Crippen molar-refractivity contribution in [3.8, 4) is 10.6 Å². The van der Waals surface area contributed by atoms with Crippen molar-refractivity contribution < 1.29 is 0 Å². The first-order valence-electron chi connectivity index (χ1n) is 9.58. The van der Waals surface area contributed by atoms with Gasteiger partial charge in [0.05, 0.1) is 31.8 Å². The summed E-state index contributed by atoms with van der Waals surface area (Å²) in [5.41, 5.74) is 9.18. The molecule has 140 valence electrons. The van der Waals surface area contributed by atoms with Crippen LogP contribution in [0.2, 0.25) is 0 Å². The Kier molecular flexibility index (Phi) is 3.70. The van der Waals surface area contributed by atoms with Gasteiger partial charge in [0.25, 0.3) is 0 Å². The van der Waals surface area contributed by atoms with Gasteiger partial charge in [-0.25, -0.2) is 15.0 Å². The van der Waals surface area contributed by atoms with Crippen LogP contribution in [-0.2, 0) is 6.42 Å². The van der Waals surface area contributed by atoms with E-state index < -0.39 is 0 Å². The van der Waals surface area contributed by atoms with Crippen LogP contribution in [0.1, 0.15) is 21.7 Å². The lowest BCUT2D eigenvalue weighted by Crippen LogP contribution is -1.99.